The van der Waals surface area contributed by atoms with E-state index >= 15 is 0 Å². The fourth-order valence-electron chi connectivity index (χ4n) is 4.78. The lowest BCUT2D eigenvalue weighted by Gasteiger charge is -2.26. The van der Waals surface area contributed by atoms with Crippen LogP contribution in [0.25, 0.3) is 0 Å². The number of benzene rings is 2. The Morgan fingerprint density at radius 3 is 2.47 bits per heavy atom. The van der Waals surface area contributed by atoms with Crippen LogP contribution in [0.4, 0.5) is 0 Å². The van der Waals surface area contributed by atoms with Crippen molar-refractivity contribution >= 4 is 15.9 Å². The molecule has 32 heavy (non-hydrogen) atoms. The van der Waals surface area contributed by atoms with Crippen molar-refractivity contribution in [2.75, 3.05) is 32.8 Å². The van der Waals surface area contributed by atoms with Crippen LogP contribution in [-0.4, -0.2) is 56.4 Å². The molecular formula is C24H28N2O5S. The van der Waals surface area contributed by atoms with Crippen LogP contribution in [-0.2, 0) is 10.0 Å². The lowest BCUT2D eigenvalue weighted by Crippen LogP contribution is -2.31. The van der Waals surface area contributed by atoms with Gasteiger partial charge in [0.2, 0.25) is 10.0 Å². The van der Waals surface area contributed by atoms with Crippen molar-refractivity contribution in [3.05, 3.63) is 53.6 Å². The molecule has 0 unspecified atom stereocenters. The summed E-state index contributed by atoms with van der Waals surface area (Å²) in [5.74, 6) is 1.32. The summed E-state index contributed by atoms with van der Waals surface area (Å²) in [6, 6.07) is 12.3. The number of carbonyl (C=O) groups is 1. The molecule has 1 atom stereocenters. The van der Waals surface area contributed by atoms with E-state index in [0.717, 1.165) is 49.2 Å². The first-order chi connectivity index (χ1) is 15.5. The standard InChI is InChI=1S/C24H28N2O5S/c27-24(19-6-3-7-20(16-19)32(28,29)25-11-1-2-12-25)26-13-4-8-21(26)18-9-10-22-23(17-18)31-15-5-14-30-22/h3,6-7,9-10,16-17,21H,1-2,4-5,8,11-15H2/t21-/m1/s1. The van der Waals surface area contributed by atoms with E-state index in [4.69, 9.17) is 9.47 Å². The first-order valence-electron chi connectivity index (χ1n) is 11.3. The largest absolute Gasteiger partial charge is 0.490 e. The molecule has 2 aromatic carbocycles. The maximum absolute atomic E-state index is 13.4. The number of amides is 1. The third-order valence-corrected chi connectivity index (χ3v) is 8.35. The molecule has 2 saturated heterocycles. The highest BCUT2D eigenvalue weighted by molar-refractivity contribution is 7.89. The summed E-state index contributed by atoms with van der Waals surface area (Å²) in [7, 11) is -3.57. The molecule has 2 aromatic rings. The monoisotopic (exact) mass is 456 g/mol. The van der Waals surface area contributed by atoms with Gasteiger partial charge in [-0.1, -0.05) is 12.1 Å². The van der Waals surface area contributed by atoms with E-state index in [1.165, 1.54) is 10.4 Å². The highest BCUT2D eigenvalue weighted by Gasteiger charge is 2.33. The summed E-state index contributed by atoms with van der Waals surface area (Å²) in [6.07, 6.45) is 4.36. The predicted octanol–water partition coefficient (Wildman–Crippen LogP) is 3.61. The SMILES string of the molecule is O=C(c1cccc(S(=O)(=O)N2CCCC2)c1)N1CCC[C@@H]1c1ccc2c(c1)OCCCO2. The average molecular weight is 457 g/mol. The second-order valence-corrected chi connectivity index (χ2v) is 10.5. The number of hydrogen-bond donors (Lipinski definition) is 0. The normalized spacial score (nSPS) is 21.5. The number of rotatable bonds is 4. The van der Waals surface area contributed by atoms with Gasteiger partial charge in [-0.25, -0.2) is 8.42 Å². The minimum Gasteiger partial charge on any atom is -0.490 e. The zero-order chi connectivity index (χ0) is 22.1. The average Bonchev–Trinajstić information content (AvgIpc) is 3.48. The number of likely N-dealkylation sites (tertiary alicyclic amines) is 1. The van der Waals surface area contributed by atoms with E-state index in [2.05, 4.69) is 0 Å². The van der Waals surface area contributed by atoms with E-state index in [-0.39, 0.29) is 16.8 Å². The van der Waals surface area contributed by atoms with Crippen molar-refractivity contribution in [2.45, 2.75) is 43.0 Å². The molecular weight excluding hydrogens is 428 g/mol. The van der Waals surface area contributed by atoms with Gasteiger partial charge in [0.15, 0.2) is 11.5 Å². The lowest BCUT2D eigenvalue weighted by atomic mass is 10.0. The predicted molar refractivity (Wildman–Crippen MR) is 119 cm³/mol. The van der Waals surface area contributed by atoms with E-state index in [1.54, 1.807) is 18.2 Å². The van der Waals surface area contributed by atoms with Crippen LogP contribution in [0.1, 0.15) is 54.1 Å². The van der Waals surface area contributed by atoms with Crippen molar-refractivity contribution < 1.29 is 22.7 Å². The van der Waals surface area contributed by atoms with Gasteiger partial charge in [0, 0.05) is 31.6 Å². The molecule has 0 bridgehead atoms. The minimum atomic E-state index is -3.57. The molecule has 0 N–H and O–H groups in total. The Morgan fingerprint density at radius 2 is 1.66 bits per heavy atom. The molecule has 0 aliphatic carbocycles. The maximum Gasteiger partial charge on any atom is 0.254 e. The lowest BCUT2D eigenvalue weighted by molar-refractivity contribution is 0.0735. The number of hydrogen-bond acceptors (Lipinski definition) is 5. The molecule has 3 heterocycles. The van der Waals surface area contributed by atoms with E-state index in [0.29, 0.717) is 38.4 Å². The number of fused-ring (bicyclic) bond motifs is 1. The molecule has 170 valence electrons. The minimum absolute atomic E-state index is 0.0708. The molecule has 8 heteroatoms. The van der Waals surface area contributed by atoms with Gasteiger partial charge in [-0.05, 0) is 61.6 Å². The van der Waals surface area contributed by atoms with Crippen LogP contribution in [0.2, 0.25) is 0 Å². The van der Waals surface area contributed by atoms with Crippen LogP contribution < -0.4 is 9.47 Å². The Balaban J connectivity index is 1.40. The third kappa shape index (κ3) is 3.97. The van der Waals surface area contributed by atoms with Gasteiger partial charge < -0.3 is 14.4 Å². The summed E-state index contributed by atoms with van der Waals surface area (Å²) >= 11 is 0. The molecule has 3 aliphatic rings. The summed E-state index contributed by atoms with van der Waals surface area (Å²) in [6.45, 7) is 2.97. The molecule has 7 nitrogen and oxygen atoms in total. The second-order valence-electron chi connectivity index (χ2n) is 8.55. The molecule has 2 fully saturated rings. The summed E-state index contributed by atoms with van der Waals surface area (Å²) in [5, 5.41) is 0. The van der Waals surface area contributed by atoms with Crippen molar-refractivity contribution in [1.29, 1.82) is 0 Å². The second kappa shape index (κ2) is 8.75. The quantitative estimate of drug-likeness (QED) is 0.703. The summed E-state index contributed by atoms with van der Waals surface area (Å²) in [5.41, 5.74) is 1.42. The Labute approximate surface area is 189 Å². The van der Waals surface area contributed by atoms with Crippen molar-refractivity contribution in [3.8, 4) is 11.5 Å². The molecule has 0 radical (unpaired) electrons. The van der Waals surface area contributed by atoms with Gasteiger partial charge in [0.05, 0.1) is 24.2 Å². The topological polar surface area (TPSA) is 76.2 Å². The van der Waals surface area contributed by atoms with Crippen LogP contribution in [0.15, 0.2) is 47.4 Å². The van der Waals surface area contributed by atoms with E-state index in [9.17, 15) is 13.2 Å². The fourth-order valence-corrected chi connectivity index (χ4v) is 6.34. The maximum atomic E-state index is 13.4. The zero-order valence-electron chi connectivity index (χ0n) is 18.0. The number of carbonyl (C=O) groups excluding carboxylic acids is 1. The van der Waals surface area contributed by atoms with Crippen molar-refractivity contribution in [1.82, 2.24) is 9.21 Å². The highest BCUT2D eigenvalue weighted by Crippen LogP contribution is 2.38. The number of ether oxygens (including phenoxy) is 2. The number of sulfonamides is 1. The first kappa shape index (κ1) is 21.3. The third-order valence-electron chi connectivity index (χ3n) is 6.45. The molecule has 3 aliphatic heterocycles. The van der Waals surface area contributed by atoms with Gasteiger partial charge in [-0.15, -0.1) is 0 Å². The van der Waals surface area contributed by atoms with Gasteiger partial charge in [-0.3, -0.25) is 4.79 Å². The smallest absolute Gasteiger partial charge is 0.254 e. The van der Waals surface area contributed by atoms with Crippen molar-refractivity contribution in [3.63, 3.8) is 0 Å². The zero-order valence-corrected chi connectivity index (χ0v) is 18.9. The molecule has 0 spiro atoms. The Bertz CT molecular complexity index is 1110. The Hall–Kier alpha value is -2.58. The summed E-state index contributed by atoms with van der Waals surface area (Å²) in [4.78, 5) is 15.5. The van der Waals surface area contributed by atoms with E-state index < -0.39 is 10.0 Å². The number of nitrogens with zero attached hydrogens (tertiary/aromatic N) is 2. The molecule has 1 amide bonds. The van der Waals surface area contributed by atoms with Gasteiger partial charge >= 0.3 is 0 Å². The van der Waals surface area contributed by atoms with Gasteiger partial charge in [0.25, 0.3) is 5.91 Å². The van der Waals surface area contributed by atoms with E-state index in [1.807, 2.05) is 23.1 Å². The first-order valence-corrected chi connectivity index (χ1v) is 12.8. The summed E-state index contributed by atoms with van der Waals surface area (Å²) < 4.78 is 39.0. The Kier molecular flexibility index (Phi) is 5.82. The van der Waals surface area contributed by atoms with Crippen LogP contribution in [0.5, 0.6) is 11.5 Å². The van der Waals surface area contributed by atoms with Crippen LogP contribution in [0, 0.1) is 0 Å². The molecule has 5 rings (SSSR count). The van der Waals surface area contributed by atoms with Crippen LogP contribution in [0.3, 0.4) is 0 Å². The van der Waals surface area contributed by atoms with Crippen molar-refractivity contribution in [2.24, 2.45) is 0 Å². The fraction of sp³-hybridized carbons (Fsp3) is 0.458. The van der Waals surface area contributed by atoms with Gasteiger partial charge in [0.1, 0.15) is 0 Å². The van der Waals surface area contributed by atoms with Gasteiger partial charge in [-0.2, -0.15) is 4.31 Å². The highest BCUT2D eigenvalue weighted by atomic mass is 32.2. The molecule has 0 aromatic heterocycles. The van der Waals surface area contributed by atoms with Crippen LogP contribution >= 0.6 is 0 Å². The molecule has 0 saturated carbocycles. The Morgan fingerprint density at radius 1 is 0.875 bits per heavy atom.